The fourth-order valence-corrected chi connectivity index (χ4v) is 8.72. The summed E-state index contributed by atoms with van der Waals surface area (Å²) in [5.74, 6) is 0. The Kier molecular flexibility index (Phi) is 6.28. The van der Waals surface area contributed by atoms with Gasteiger partial charge >= 0.3 is 0 Å². The van der Waals surface area contributed by atoms with Gasteiger partial charge in [0.1, 0.15) is 0 Å². The van der Waals surface area contributed by atoms with Gasteiger partial charge in [-0.1, -0.05) is 109 Å². The minimum Gasteiger partial charge on any atom is -0.309 e. The second-order valence-corrected chi connectivity index (χ2v) is 13.6. The summed E-state index contributed by atoms with van der Waals surface area (Å²) in [5, 5.41) is 17.9. The molecule has 4 nitrogen and oxygen atoms in total. The highest BCUT2D eigenvalue weighted by molar-refractivity contribution is 6.29. The van der Waals surface area contributed by atoms with Gasteiger partial charge in [-0.05, 0) is 72.8 Å². The number of nitriles is 1. The molecule has 3 aromatic heterocycles. The molecule has 0 amide bonds. The SMILES string of the molecule is N#Cc1cc2c(cc1-c1ccccc1-n1c3ccccc3c3c4c5ccccc5n(-c5ccccc5)c4ccc31)c1ccccc1n2-c1ccccc1. The number of hydrogen-bond acceptors (Lipinski definition) is 1. The van der Waals surface area contributed by atoms with Crippen LogP contribution < -0.4 is 0 Å². The van der Waals surface area contributed by atoms with Crippen LogP contribution in [0.2, 0.25) is 0 Å². The van der Waals surface area contributed by atoms with E-state index in [-0.39, 0.29) is 0 Å². The molecule has 0 radical (unpaired) electrons. The lowest BCUT2D eigenvalue weighted by atomic mass is 9.96. The molecule has 0 saturated heterocycles. The first-order chi connectivity index (χ1) is 26.3. The summed E-state index contributed by atoms with van der Waals surface area (Å²) in [5.41, 5.74) is 12.5. The number of rotatable bonds is 4. The van der Waals surface area contributed by atoms with Crippen molar-refractivity contribution in [2.45, 2.75) is 0 Å². The highest BCUT2D eigenvalue weighted by atomic mass is 15.0. The van der Waals surface area contributed by atoms with Crippen LogP contribution in [0.3, 0.4) is 0 Å². The predicted molar refractivity (Wildman–Crippen MR) is 220 cm³/mol. The maximum absolute atomic E-state index is 10.8. The predicted octanol–water partition coefficient (Wildman–Crippen LogP) is 12.5. The molecule has 0 unspecified atom stereocenters. The van der Waals surface area contributed by atoms with Gasteiger partial charge < -0.3 is 13.7 Å². The van der Waals surface area contributed by atoms with Gasteiger partial charge in [-0.25, -0.2) is 0 Å². The van der Waals surface area contributed by atoms with E-state index in [1.54, 1.807) is 0 Å². The smallest absolute Gasteiger partial charge is 0.0998 e. The number of benzene rings is 8. The standard InChI is InChI=1S/C49H30N4/c50-31-32-29-47-40(36-20-8-11-23-41(36)52(47)34-17-5-2-6-18-34)30-39(32)35-19-7-12-24-42(35)53-44-26-14-10-22-38(44)49-46(53)28-27-45-48(49)37-21-9-13-25-43(37)51(45)33-15-3-1-4-16-33/h1-30H. The largest absolute Gasteiger partial charge is 0.309 e. The monoisotopic (exact) mass is 674 g/mol. The third-order valence-corrected chi connectivity index (χ3v) is 10.9. The first kappa shape index (κ1) is 29.4. The molecule has 0 aliphatic carbocycles. The molecule has 11 aromatic rings. The van der Waals surface area contributed by atoms with Crippen molar-refractivity contribution in [2.75, 3.05) is 0 Å². The first-order valence-electron chi connectivity index (χ1n) is 17.9. The number of nitrogens with zero attached hydrogens (tertiary/aromatic N) is 4. The van der Waals surface area contributed by atoms with E-state index < -0.39 is 0 Å². The summed E-state index contributed by atoms with van der Waals surface area (Å²) < 4.78 is 7.04. The fourth-order valence-electron chi connectivity index (χ4n) is 8.72. The third kappa shape index (κ3) is 4.16. The Labute approximate surface area is 305 Å². The Morgan fingerprint density at radius 3 is 1.43 bits per heavy atom. The molecular formula is C49H30N4. The van der Waals surface area contributed by atoms with Crippen LogP contribution in [0.1, 0.15) is 5.56 Å². The molecule has 0 fully saturated rings. The van der Waals surface area contributed by atoms with Crippen LogP contribution in [0.5, 0.6) is 0 Å². The average molecular weight is 675 g/mol. The van der Waals surface area contributed by atoms with E-state index >= 15 is 0 Å². The Balaban J connectivity index is 1.23. The van der Waals surface area contributed by atoms with E-state index in [9.17, 15) is 5.26 Å². The lowest BCUT2D eigenvalue weighted by Gasteiger charge is -2.16. The van der Waals surface area contributed by atoms with Crippen LogP contribution >= 0.6 is 0 Å². The van der Waals surface area contributed by atoms with Gasteiger partial charge in [0.15, 0.2) is 0 Å². The normalized spacial score (nSPS) is 11.8. The van der Waals surface area contributed by atoms with Gasteiger partial charge in [0, 0.05) is 54.8 Å². The van der Waals surface area contributed by atoms with Gasteiger partial charge in [-0.3, -0.25) is 0 Å². The van der Waals surface area contributed by atoms with Crippen LogP contribution in [-0.4, -0.2) is 13.7 Å². The molecule has 0 atom stereocenters. The molecular weight excluding hydrogens is 645 g/mol. The second kappa shape index (κ2) is 11.3. The first-order valence-corrected chi connectivity index (χ1v) is 17.9. The maximum atomic E-state index is 10.8. The summed E-state index contributed by atoms with van der Waals surface area (Å²) in [6.07, 6.45) is 0. The maximum Gasteiger partial charge on any atom is 0.0998 e. The van der Waals surface area contributed by atoms with Gasteiger partial charge in [-0.2, -0.15) is 5.26 Å². The van der Waals surface area contributed by atoms with Gasteiger partial charge in [0.05, 0.1) is 50.4 Å². The molecule has 11 rings (SSSR count). The fraction of sp³-hybridized carbons (Fsp3) is 0. The molecule has 8 aromatic carbocycles. The highest BCUT2D eigenvalue weighted by Gasteiger charge is 2.23. The summed E-state index contributed by atoms with van der Waals surface area (Å²) in [6, 6.07) is 67.0. The topological polar surface area (TPSA) is 38.6 Å². The molecule has 0 N–H and O–H groups in total. The molecule has 246 valence electrons. The van der Waals surface area contributed by atoms with Gasteiger partial charge in [0.2, 0.25) is 0 Å². The van der Waals surface area contributed by atoms with Crippen LogP contribution in [0, 0.1) is 11.3 Å². The number of para-hydroxylation sites is 6. The Morgan fingerprint density at radius 1 is 0.340 bits per heavy atom. The van der Waals surface area contributed by atoms with Crippen molar-refractivity contribution in [2.24, 2.45) is 0 Å². The lowest BCUT2D eigenvalue weighted by molar-refractivity contribution is 1.17. The van der Waals surface area contributed by atoms with Crippen LogP contribution in [0.15, 0.2) is 182 Å². The zero-order valence-corrected chi connectivity index (χ0v) is 28.6. The Hall–Kier alpha value is -7.35. The summed E-state index contributed by atoms with van der Waals surface area (Å²) in [7, 11) is 0. The van der Waals surface area contributed by atoms with Crippen molar-refractivity contribution in [3.8, 4) is 34.3 Å². The quantitative estimate of drug-likeness (QED) is 0.183. The zero-order valence-electron chi connectivity index (χ0n) is 28.6. The van der Waals surface area contributed by atoms with E-state index in [0.717, 1.165) is 61.0 Å². The van der Waals surface area contributed by atoms with Crippen molar-refractivity contribution >= 4 is 65.4 Å². The molecule has 0 saturated carbocycles. The molecule has 0 bridgehead atoms. The average Bonchev–Trinajstić information content (AvgIpc) is 3.86. The van der Waals surface area contributed by atoms with E-state index in [4.69, 9.17) is 0 Å². The van der Waals surface area contributed by atoms with E-state index in [2.05, 4.69) is 196 Å². The van der Waals surface area contributed by atoms with Crippen LogP contribution in [0.25, 0.3) is 93.6 Å². The Morgan fingerprint density at radius 2 is 0.811 bits per heavy atom. The van der Waals surface area contributed by atoms with Crippen LogP contribution in [-0.2, 0) is 0 Å². The minimum absolute atomic E-state index is 0.638. The number of aromatic nitrogens is 3. The summed E-state index contributed by atoms with van der Waals surface area (Å²) >= 11 is 0. The second-order valence-electron chi connectivity index (χ2n) is 13.6. The van der Waals surface area contributed by atoms with Gasteiger partial charge in [0.25, 0.3) is 0 Å². The zero-order chi connectivity index (χ0) is 35.0. The van der Waals surface area contributed by atoms with Gasteiger partial charge in [-0.15, -0.1) is 0 Å². The van der Waals surface area contributed by atoms with Crippen LogP contribution in [0.4, 0.5) is 0 Å². The lowest BCUT2D eigenvalue weighted by Crippen LogP contribution is -1.99. The molecule has 53 heavy (non-hydrogen) atoms. The molecule has 0 aliphatic rings. The van der Waals surface area contributed by atoms with Crippen molar-refractivity contribution in [3.63, 3.8) is 0 Å². The number of hydrogen-bond donors (Lipinski definition) is 0. The Bertz CT molecular complexity index is 3280. The summed E-state index contributed by atoms with van der Waals surface area (Å²) in [4.78, 5) is 0. The molecule has 0 spiro atoms. The molecule has 3 heterocycles. The van der Waals surface area contributed by atoms with E-state index in [1.807, 2.05) is 6.07 Å². The molecule has 4 heteroatoms. The van der Waals surface area contributed by atoms with Crippen molar-refractivity contribution in [1.29, 1.82) is 5.26 Å². The van der Waals surface area contributed by atoms with E-state index in [0.29, 0.717) is 5.56 Å². The third-order valence-electron chi connectivity index (χ3n) is 10.9. The van der Waals surface area contributed by atoms with Crippen molar-refractivity contribution in [3.05, 3.63) is 188 Å². The highest BCUT2D eigenvalue weighted by Crippen LogP contribution is 2.44. The van der Waals surface area contributed by atoms with E-state index in [1.165, 1.54) is 32.6 Å². The minimum atomic E-state index is 0.638. The molecule has 0 aliphatic heterocycles. The number of fused-ring (bicyclic) bond motifs is 10. The van der Waals surface area contributed by atoms with Crippen molar-refractivity contribution in [1.82, 2.24) is 13.7 Å². The van der Waals surface area contributed by atoms with Crippen molar-refractivity contribution < 1.29 is 0 Å². The summed E-state index contributed by atoms with van der Waals surface area (Å²) in [6.45, 7) is 0.